The molecule has 0 aromatic heterocycles. The van der Waals surface area contributed by atoms with Gasteiger partial charge >= 0.3 is 0 Å². The van der Waals surface area contributed by atoms with E-state index in [1.165, 1.54) is 12.8 Å². The molecule has 1 fully saturated rings. The van der Waals surface area contributed by atoms with Crippen molar-refractivity contribution in [2.45, 2.75) is 44.8 Å². The lowest BCUT2D eigenvalue weighted by Crippen LogP contribution is -2.30. The molecule has 96 valence electrons. The average molecular weight is 231 g/mol. The molecule has 2 unspecified atom stereocenters. The van der Waals surface area contributed by atoms with Crippen LogP contribution in [0.5, 0.6) is 0 Å². The number of nitrogens with one attached hydrogen (secondary N) is 1. The van der Waals surface area contributed by atoms with Crippen LogP contribution in [0.4, 0.5) is 0 Å². The van der Waals surface area contributed by atoms with Crippen LogP contribution in [-0.2, 0) is 9.47 Å². The lowest BCUT2D eigenvalue weighted by molar-refractivity contribution is -0.0225. The van der Waals surface area contributed by atoms with Crippen LogP contribution in [0, 0.1) is 0 Å². The Hall–Kier alpha value is -0.160. The second kappa shape index (κ2) is 8.93. The van der Waals surface area contributed by atoms with E-state index in [0.717, 1.165) is 26.0 Å². The molecule has 0 saturated carbocycles. The minimum absolute atomic E-state index is 0.379. The monoisotopic (exact) mass is 231 g/mol. The van der Waals surface area contributed by atoms with E-state index >= 15 is 0 Å². The van der Waals surface area contributed by atoms with Crippen molar-refractivity contribution in [1.82, 2.24) is 5.32 Å². The normalized spacial score (nSPS) is 22.5. The van der Waals surface area contributed by atoms with Gasteiger partial charge in [0.2, 0.25) is 0 Å². The second-order valence-electron chi connectivity index (χ2n) is 4.41. The summed E-state index contributed by atoms with van der Waals surface area (Å²) in [6, 6.07) is 0.480. The zero-order chi connectivity index (χ0) is 11.6. The van der Waals surface area contributed by atoms with Crippen LogP contribution in [0.25, 0.3) is 0 Å². The maximum atomic E-state index is 9.55. The molecule has 0 bridgehead atoms. The van der Waals surface area contributed by atoms with Gasteiger partial charge in [-0.05, 0) is 25.8 Å². The van der Waals surface area contributed by atoms with Crippen molar-refractivity contribution in [1.29, 1.82) is 0 Å². The maximum Gasteiger partial charge on any atom is 0.101 e. The van der Waals surface area contributed by atoms with Crippen LogP contribution in [0.1, 0.15) is 32.6 Å². The van der Waals surface area contributed by atoms with Crippen molar-refractivity contribution in [3.63, 3.8) is 0 Å². The standard InChI is InChI=1S/C12H25NO3/c1-2-3-7-15-9-12(14)10-16-8-11-5-4-6-13-11/h11-14H,2-10H2,1H3. The first-order valence-electron chi connectivity index (χ1n) is 6.40. The minimum atomic E-state index is -0.488. The Bertz CT molecular complexity index is 160. The van der Waals surface area contributed by atoms with E-state index in [4.69, 9.17) is 9.47 Å². The van der Waals surface area contributed by atoms with E-state index < -0.39 is 6.10 Å². The Morgan fingerprint density at radius 1 is 1.38 bits per heavy atom. The van der Waals surface area contributed by atoms with Gasteiger partial charge < -0.3 is 19.9 Å². The molecule has 4 nitrogen and oxygen atoms in total. The lowest BCUT2D eigenvalue weighted by atomic mass is 10.2. The van der Waals surface area contributed by atoms with E-state index in [-0.39, 0.29) is 0 Å². The van der Waals surface area contributed by atoms with Gasteiger partial charge in [-0.1, -0.05) is 13.3 Å². The molecule has 4 heteroatoms. The van der Waals surface area contributed by atoms with E-state index in [9.17, 15) is 5.11 Å². The van der Waals surface area contributed by atoms with Crippen LogP contribution in [0.2, 0.25) is 0 Å². The Morgan fingerprint density at radius 3 is 2.88 bits per heavy atom. The van der Waals surface area contributed by atoms with Gasteiger partial charge in [0, 0.05) is 12.6 Å². The fourth-order valence-electron chi connectivity index (χ4n) is 1.76. The first kappa shape index (κ1) is 13.9. The molecule has 2 atom stereocenters. The number of aliphatic hydroxyl groups excluding tert-OH is 1. The number of ether oxygens (including phenoxy) is 2. The smallest absolute Gasteiger partial charge is 0.101 e. The van der Waals surface area contributed by atoms with Crippen LogP contribution >= 0.6 is 0 Å². The number of unbranched alkanes of at least 4 members (excludes halogenated alkanes) is 1. The van der Waals surface area contributed by atoms with E-state index in [1.807, 2.05) is 0 Å². The van der Waals surface area contributed by atoms with Gasteiger partial charge in [0.1, 0.15) is 6.10 Å². The summed E-state index contributed by atoms with van der Waals surface area (Å²) in [4.78, 5) is 0. The van der Waals surface area contributed by atoms with Crippen molar-refractivity contribution < 1.29 is 14.6 Å². The highest BCUT2D eigenvalue weighted by Gasteiger charge is 2.14. The number of hydrogen-bond acceptors (Lipinski definition) is 4. The van der Waals surface area contributed by atoms with Crippen LogP contribution in [-0.4, -0.2) is 50.2 Å². The zero-order valence-corrected chi connectivity index (χ0v) is 10.3. The van der Waals surface area contributed by atoms with Crippen LogP contribution in [0.3, 0.4) is 0 Å². The van der Waals surface area contributed by atoms with Crippen molar-refractivity contribution >= 4 is 0 Å². The summed E-state index contributed by atoms with van der Waals surface area (Å²) in [5, 5.41) is 12.9. The summed E-state index contributed by atoms with van der Waals surface area (Å²) in [6.45, 7) is 5.42. The number of rotatable bonds is 9. The summed E-state index contributed by atoms with van der Waals surface area (Å²) in [5.41, 5.74) is 0. The molecular formula is C12H25NO3. The number of hydrogen-bond donors (Lipinski definition) is 2. The molecule has 1 aliphatic heterocycles. The Labute approximate surface area is 98.3 Å². The molecule has 16 heavy (non-hydrogen) atoms. The van der Waals surface area contributed by atoms with E-state index in [1.54, 1.807) is 0 Å². The van der Waals surface area contributed by atoms with Crippen molar-refractivity contribution in [2.75, 3.05) is 33.0 Å². The van der Waals surface area contributed by atoms with Gasteiger partial charge in [-0.15, -0.1) is 0 Å². The molecule has 1 rings (SSSR count). The largest absolute Gasteiger partial charge is 0.388 e. The summed E-state index contributed by atoms with van der Waals surface area (Å²) in [7, 11) is 0. The predicted octanol–water partition coefficient (Wildman–Crippen LogP) is 0.933. The molecule has 1 heterocycles. The predicted molar refractivity (Wildman–Crippen MR) is 63.6 cm³/mol. The SMILES string of the molecule is CCCCOCC(O)COCC1CCCN1. The summed E-state index contributed by atoms with van der Waals surface area (Å²) >= 11 is 0. The quantitative estimate of drug-likeness (QED) is 0.580. The second-order valence-corrected chi connectivity index (χ2v) is 4.41. The molecule has 0 radical (unpaired) electrons. The fraction of sp³-hybridized carbons (Fsp3) is 1.00. The highest BCUT2D eigenvalue weighted by molar-refractivity contribution is 4.73. The molecule has 0 spiro atoms. The first-order valence-corrected chi connectivity index (χ1v) is 6.40. The molecule has 0 aromatic carbocycles. The number of aliphatic hydroxyl groups is 1. The molecular weight excluding hydrogens is 206 g/mol. The van der Waals surface area contributed by atoms with Gasteiger partial charge in [-0.2, -0.15) is 0 Å². The van der Waals surface area contributed by atoms with Crippen LogP contribution < -0.4 is 5.32 Å². The minimum Gasteiger partial charge on any atom is -0.388 e. The lowest BCUT2D eigenvalue weighted by Gasteiger charge is -2.14. The van der Waals surface area contributed by atoms with Gasteiger partial charge in [0.25, 0.3) is 0 Å². The van der Waals surface area contributed by atoms with Gasteiger partial charge in [-0.25, -0.2) is 0 Å². The Balaban J connectivity index is 1.87. The van der Waals surface area contributed by atoms with Gasteiger partial charge in [0.05, 0.1) is 19.8 Å². The Morgan fingerprint density at radius 2 is 2.19 bits per heavy atom. The van der Waals surface area contributed by atoms with Crippen molar-refractivity contribution in [2.24, 2.45) is 0 Å². The Kier molecular flexibility index (Phi) is 7.76. The summed E-state index contributed by atoms with van der Waals surface area (Å²) in [5.74, 6) is 0. The molecule has 1 saturated heterocycles. The third-order valence-corrected chi connectivity index (χ3v) is 2.74. The highest BCUT2D eigenvalue weighted by atomic mass is 16.5. The molecule has 0 aromatic rings. The third-order valence-electron chi connectivity index (χ3n) is 2.74. The third kappa shape index (κ3) is 6.43. The van der Waals surface area contributed by atoms with Crippen LogP contribution in [0.15, 0.2) is 0 Å². The van der Waals surface area contributed by atoms with Gasteiger partial charge in [-0.3, -0.25) is 0 Å². The zero-order valence-electron chi connectivity index (χ0n) is 10.3. The molecule has 0 amide bonds. The maximum absolute atomic E-state index is 9.55. The van der Waals surface area contributed by atoms with Crippen molar-refractivity contribution in [3.05, 3.63) is 0 Å². The topological polar surface area (TPSA) is 50.7 Å². The van der Waals surface area contributed by atoms with E-state index in [2.05, 4.69) is 12.2 Å². The molecule has 1 aliphatic rings. The van der Waals surface area contributed by atoms with Crippen molar-refractivity contribution in [3.8, 4) is 0 Å². The fourth-order valence-corrected chi connectivity index (χ4v) is 1.76. The highest BCUT2D eigenvalue weighted by Crippen LogP contribution is 2.05. The summed E-state index contributed by atoms with van der Waals surface area (Å²) < 4.78 is 10.8. The first-order chi connectivity index (χ1) is 7.83. The molecule has 2 N–H and O–H groups in total. The molecule has 0 aliphatic carbocycles. The van der Waals surface area contributed by atoms with E-state index in [0.29, 0.717) is 25.9 Å². The summed E-state index contributed by atoms with van der Waals surface area (Å²) in [6.07, 6.45) is 4.11. The van der Waals surface area contributed by atoms with Gasteiger partial charge in [0.15, 0.2) is 0 Å². The average Bonchev–Trinajstić information content (AvgIpc) is 2.77.